The van der Waals surface area contributed by atoms with Crippen molar-refractivity contribution in [3.63, 3.8) is 0 Å². The third kappa shape index (κ3) is 4.11. The maximum Gasteiger partial charge on any atom is 0.217 e. The monoisotopic (exact) mass is 251 g/mol. The third-order valence-electron chi connectivity index (χ3n) is 2.81. The van der Waals surface area contributed by atoms with Gasteiger partial charge in [0.2, 0.25) is 5.91 Å². The Bertz CT molecular complexity index is 558. The molecule has 0 spiro atoms. The second-order valence-corrected chi connectivity index (χ2v) is 4.36. The van der Waals surface area contributed by atoms with Crippen molar-refractivity contribution in [3.8, 4) is 0 Å². The average Bonchev–Trinajstić information content (AvgIpc) is 2.45. The number of benzene rings is 2. The van der Waals surface area contributed by atoms with E-state index in [2.05, 4.69) is 35.7 Å². The van der Waals surface area contributed by atoms with Crippen molar-refractivity contribution >= 4 is 17.6 Å². The van der Waals surface area contributed by atoms with E-state index in [0.717, 1.165) is 16.7 Å². The van der Waals surface area contributed by atoms with Gasteiger partial charge in [0.25, 0.3) is 0 Å². The number of hydrogen-bond donors (Lipinski definition) is 1. The standard InChI is InChI=1S/C17H17NO/c1-14(19)18-13-17(16-10-6-3-7-11-16)12-15-8-4-2-5-9-15/h2-12H,13H2,1H3,(H,18,19)/b17-12-. The zero-order valence-corrected chi connectivity index (χ0v) is 11.0. The van der Waals surface area contributed by atoms with Gasteiger partial charge in [0.1, 0.15) is 0 Å². The first-order valence-corrected chi connectivity index (χ1v) is 6.31. The number of hydrogen-bond acceptors (Lipinski definition) is 1. The molecule has 0 aliphatic heterocycles. The fourth-order valence-corrected chi connectivity index (χ4v) is 1.86. The van der Waals surface area contributed by atoms with Gasteiger partial charge in [0, 0.05) is 13.5 Å². The van der Waals surface area contributed by atoms with E-state index in [1.165, 1.54) is 6.92 Å². The predicted molar refractivity (Wildman–Crippen MR) is 79.4 cm³/mol. The van der Waals surface area contributed by atoms with E-state index in [1.54, 1.807) is 0 Å². The minimum atomic E-state index is -0.0186. The molecule has 2 heteroatoms. The highest BCUT2D eigenvalue weighted by Crippen LogP contribution is 2.17. The first-order valence-electron chi connectivity index (χ1n) is 6.31. The first-order chi connectivity index (χ1) is 9.25. The molecule has 0 bridgehead atoms. The van der Waals surface area contributed by atoms with E-state index in [9.17, 15) is 4.79 Å². The Morgan fingerprint density at radius 1 is 1.00 bits per heavy atom. The summed E-state index contributed by atoms with van der Waals surface area (Å²) < 4.78 is 0. The van der Waals surface area contributed by atoms with Crippen LogP contribution in [0.3, 0.4) is 0 Å². The first kappa shape index (κ1) is 13.1. The highest BCUT2D eigenvalue weighted by Gasteiger charge is 2.02. The summed E-state index contributed by atoms with van der Waals surface area (Å²) >= 11 is 0. The quantitative estimate of drug-likeness (QED) is 0.829. The molecule has 2 aromatic rings. The van der Waals surface area contributed by atoms with E-state index in [0.29, 0.717) is 6.54 Å². The smallest absolute Gasteiger partial charge is 0.217 e. The van der Waals surface area contributed by atoms with Gasteiger partial charge in [-0.05, 0) is 22.8 Å². The SMILES string of the molecule is CC(=O)NC/C(=C/c1ccccc1)c1ccccc1. The van der Waals surface area contributed by atoms with E-state index in [4.69, 9.17) is 0 Å². The van der Waals surface area contributed by atoms with Gasteiger partial charge in [-0.2, -0.15) is 0 Å². The molecule has 96 valence electrons. The molecule has 0 atom stereocenters. The van der Waals surface area contributed by atoms with Crippen molar-refractivity contribution in [2.24, 2.45) is 0 Å². The second kappa shape index (κ2) is 6.55. The van der Waals surface area contributed by atoms with Crippen molar-refractivity contribution in [3.05, 3.63) is 71.8 Å². The van der Waals surface area contributed by atoms with Crippen LogP contribution in [0.2, 0.25) is 0 Å². The molecule has 2 nitrogen and oxygen atoms in total. The lowest BCUT2D eigenvalue weighted by Gasteiger charge is -2.09. The second-order valence-electron chi connectivity index (χ2n) is 4.36. The fraction of sp³-hybridized carbons (Fsp3) is 0.118. The van der Waals surface area contributed by atoms with Crippen LogP contribution in [-0.4, -0.2) is 12.5 Å². The zero-order valence-electron chi connectivity index (χ0n) is 11.0. The molecule has 2 rings (SSSR count). The number of amides is 1. The topological polar surface area (TPSA) is 29.1 Å². The molecule has 19 heavy (non-hydrogen) atoms. The van der Waals surface area contributed by atoms with E-state index >= 15 is 0 Å². The minimum absolute atomic E-state index is 0.0186. The highest BCUT2D eigenvalue weighted by molar-refractivity contribution is 5.85. The molecule has 1 N–H and O–H groups in total. The Morgan fingerprint density at radius 2 is 1.58 bits per heavy atom. The molecule has 0 aliphatic carbocycles. The van der Waals surface area contributed by atoms with Crippen molar-refractivity contribution in [2.75, 3.05) is 6.54 Å². The summed E-state index contributed by atoms with van der Waals surface area (Å²) in [6.45, 7) is 2.07. The summed E-state index contributed by atoms with van der Waals surface area (Å²) in [6, 6.07) is 20.2. The highest BCUT2D eigenvalue weighted by atomic mass is 16.1. The van der Waals surface area contributed by atoms with Crippen LogP contribution >= 0.6 is 0 Å². The molecule has 0 aromatic heterocycles. The molecule has 0 saturated heterocycles. The van der Waals surface area contributed by atoms with Crippen LogP contribution in [0.5, 0.6) is 0 Å². The predicted octanol–water partition coefficient (Wildman–Crippen LogP) is 3.36. The van der Waals surface area contributed by atoms with Gasteiger partial charge < -0.3 is 5.32 Å². The molecular formula is C17H17NO. The lowest BCUT2D eigenvalue weighted by Crippen LogP contribution is -2.21. The molecular weight excluding hydrogens is 234 g/mol. The molecule has 0 unspecified atom stereocenters. The van der Waals surface area contributed by atoms with Gasteiger partial charge >= 0.3 is 0 Å². The minimum Gasteiger partial charge on any atom is -0.352 e. The Hall–Kier alpha value is -2.35. The van der Waals surface area contributed by atoms with E-state index in [1.807, 2.05) is 36.4 Å². The zero-order chi connectivity index (χ0) is 13.5. The van der Waals surface area contributed by atoms with Crippen LogP contribution in [0.25, 0.3) is 11.6 Å². The van der Waals surface area contributed by atoms with Crippen molar-refractivity contribution in [2.45, 2.75) is 6.92 Å². The van der Waals surface area contributed by atoms with Crippen LogP contribution in [0, 0.1) is 0 Å². The maximum atomic E-state index is 11.1. The van der Waals surface area contributed by atoms with Crippen molar-refractivity contribution in [1.82, 2.24) is 5.32 Å². The summed E-state index contributed by atoms with van der Waals surface area (Å²) in [6.07, 6.45) is 2.10. The third-order valence-corrected chi connectivity index (χ3v) is 2.81. The van der Waals surface area contributed by atoms with Gasteiger partial charge in [0.15, 0.2) is 0 Å². The van der Waals surface area contributed by atoms with Gasteiger partial charge in [-0.15, -0.1) is 0 Å². The summed E-state index contributed by atoms with van der Waals surface area (Å²) in [7, 11) is 0. The largest absolute Gasteiger partial charge is 0.352 e. The Labute approximate surface area is 113 Å². The van der Waals surface area contributed by atoms with Gasteiger partial charge in [-0.3, -0.25) is 4.79 Å². The summed E-state index contributed by atoms with van der Waals surface area (Å²) in [5, 5.41) is 2.86. The lowest BCUT2D eigenvalue weighted by atomic mass is 10.0. The molecule has 0 fully saturated rings. The van der Waals surface area contributed by atoms with E-state index in [-0.39, 0.29) is 5.91 Å². The summed E-state index contributed by atoms with van der Waals surface area (Å²) in [5.74, 6) is -0.0186. The average molecular weight is 251 g/mol. The number of rotatable bonds is 4. The van der Waals surface area contributed by atoms with Gasteiger partial charge in [-0.1, -0.05) is 60.7 Å². The van der Waals surface area contributed by atoms with Crippen LogP contribution in [0.1, 0.15) is 18.1 Å². The van der Waals surface area contributed by atoms with Gasteiger partial charge in [0.05, 0.1) is 0 Å². The molecule has 2 aromatic carbocycles. The summed E-state index contributed by atoms with van der Waals surface area (Å²) in [4.78, 5) is 11.1. The van der Waals surface area contributed by atoms with Gasteiger partial charge in [-0.25, -0.2) is 0 Å². The number of carbonyl (C=O) groups is 1. The fourth-order valence-electron chi connectivity index (χ4n) is 1.86. The molecule has 0 heterocycles. The molecule has 0 aliphatic rings. The van der Waals surface area contributed by atoms with Crippen LogP contribution in [0.15, 0.2) is 60.7 Å². The maximum absolute atomic E-state index is 11.1. The van der Waals surface area contributed by atoms with Crippen LogP contribution in [0.4, 0.5) is 0 Å². The Morgan fingerprint density at radius 3 is 2.16 bits per heavy atom. The summed E-state index contributed by atoms with van der Waals surface area (Å²) in [5.41, 5.74) is 3.36. The number of carbonyl (C=O) groups excluding carboxylic acids is 1. The van der Waals surface area contributed by atoms with Crippen LogP contribution in [-0.2, 0) is 4.79 Å². The lowest BCUT2D eigenvalue weighted by molar-refractivity contribution is -0.118. The number of nitrogens with one attached hydrogen (secondary N) is 1. The molecule has 1 amide bonds. The molecule has 0 radical (unpaired) electrons. The van der Waals surface area contributed by atoms with Crippen molar-refractivity contribution in [1.29, 1.82) is 0 Å². The Kier molecular flexibility index (Phi) is 4.51. The molecule has 0 saturated carbocycles. The normalized spacial score (nSPS) is 11.1. The van der Waals surface area contributed by atoms with Crippen LogP contribution < -0.4 is 5.32 Å². The van der Waals surface area contributed by atoms with Crippen molar-refractivity contribution < 1.29 is 4.79 Å². The van der Waals surface area contributed by atoms with E-state index < -0.39 is 0 Å². The Balaban J connectivity index is 2.29.